The Morgan fingerprint density at radius 1 is 1.15 bits per heavy atom. The van der Waals surface area contributed by atoms with Crippen molar-refractivity contribution in [2.45, 2.75) is 44.7 Å². The number of carbonyl (C=O) groups excluding carboxylic acids is 1. The van der Waals surface area contributed by atoms with E-state index in [0.29, 0.717) is 18.2 Å². The minimum Gasteiger partial charge on any atom is -0.381 e. The number of nitrogens with one attached hydrogen (secondary N) is 2. The molecule has 0 aliphatic heterocycles. The van der Waals surface area contributed by atoms with Gasteiger partial charge in [0, 0.05) is 25.8 Å². The molecular weight excluding hydrogens is 338 g/mol. The van der Waals surface area contributed by atoms with Gasteiger partial charge in [-0.2, -0.15) is 5.10 Å². The molecule has 1 aliphatic carbocycles. The van der Waals surface area contributed by atoms with E-state index in [1.54, 1.807) is 17.1 Å². The van der Waals surface area contributed by atoms with Crippen LogP contribution >= 0.6 is 0 Å². The number of amides is 1. The van der Waals surface area contributed by atoms with E-state index in [1.165, 1.54) is 19.3 Å². The summed E-state index contributed by atoms with van der Waals surface area (Å²) in [6, 6.07) is 10.3. The van der Waals surface area contributed by atoms with Crippen molar-refractivity contribution >= 4 is 22.6 Å². The van der Waals surface area contributed by atoms with Gasteiger partial charge in [-0.25, -0.2) is 4.98 Å². The second kappa shape index (κ2) is 7.78. The molecule has 0 radical (unpaired) electrons. The summed E-state index contributed by atoms with van der Waals surface area (Å²) in [5.41, 5.74) is 3.29. The zero-order valence-electron chi connectivity index (χ0n) is 15.6. The number of pyridine rings is 1. The Hall–Kier alpha value is -2.89. The Morgan fingerprint density at radius 2 is 1.93 bits per heavy atom. The van der Waals surface area contributed by atoms with Gasteiger partial charge < -0.3 is 10.6 Å². The number of rotatable bonds is 5. The molecule has 1 saturated carbocycles. The third-order valence-corrected chi connectivity index (χ3v) is 5.26. The lowest BCUT2D eigenvalue weighted by Crippen LogP contribution is -2.27. The summed E-state index contributed by atoms with van der Waals surface area (Å²) in [6.45, 7) is 0.494. The van der Waals surface area contributed by atoms with Gasteiger partial charge in [0.05, 0.1) is 22.8 Å². The van der Waals surface area contributed by atoms with Crippen LogP contribution in [-0.4, -0.2) is 26.7 Å². The highest BCUT2D eigenvalue weighted by Crippen LogP contribution is 2.29. The molecule has 2 heterocycles. The normalized spacial score (nSPS) is 15.0. The van der Waals surface area contributed by atoms with Crippen LogP contribution in [0.2, 0.25) is 0 Å². The second-order valence-electron chi connectivity index (χ2n) is 7.20. The fourth-order valence-corrected chi connectivity index (χ4v) is 3.75. The zero-order chi connectivity index (χ0) is 18.6. The summed E-state index contributed by atoms with van der Waals surface area (Å²) in [6.07, 6.45) is 9.48. The summed E-state index contributed by atoms with van der Waals surface area (Å²) >= 11 is 0. The van der Waals surface area contributed by atoms with E-state index in [0.717, 1.165) is 35.1 Å². The van der Waals surface area contributed by atoms with Crippen molar-refractivity contribution in [3.8, 4) is 0 Å². The molecule has 0 saturated heterocycles. The van der Waals surface area contributed by atoms with Gasteiger partial charge in [-0.1, -0.05) is 49.6 Å². The molecule has 6 heteroatoms. The number of carbonyl (C=O) groups is 1. The molecule has 6 nitrogen and oxygen atoms in total. The third-order valence-electron chi connectivity index (χ3n) is 5.26. The lowest BCUT2D eigenvalue weighted by Gasteiger charge is -2.25. The summed E-state index contributed by atoms with van der Waals surface area (Å²) in [5.74, 6) is -0.115. The minimum atomic E-state index is -0.115. The van der Waals surface area contributed by atoms with Gasteiger partial charge in [-0.3, -0.25) is 9.48 Å². The Labute approximate surface area is 159 Å². The van der Waals surface area contributed by atoms with E-state index < -0.39 is 0 Å². The molecule has 27 heavy (non-hydrogen) atoms. The number of nitrogens with zero attached hydrogens (tertiary/aromatic N) is 3. The summed E-state index contributed by atoms with van der Waals surface area (Å²) in [7, 11) is 1.87. The number of benzene rings is 1. The van der Waals surface area contributed by atoms with Crippen molar-refractivity contribution in [3.05, 3.63) is 53.9 Å². The smallest absolute Gasteiger partial charge is 0.255 e. The van der Waals surface area contributed by atoms with Crippen molar-refractivity contribution in [2.75, 3.05) is 5.32 Å². The maximum Gasteiger partial charge on any atom is 0.255 e. The van der Waals surface area contributed by atoms with Crippen LogP contribution in [0.4, 0.5) is 5.69 Å². The van der Waals surface area contributed by atoms with E-state index in [-0.39, 0.29) is 5.91 Å². The Kier molecular flexibility index (Phi) is 5.05. The average molecular weight is 363 g/mol. The van der Waals surface area contributed by atoms with Crippen LogP contribution in [0, 0.1) is 0 Å². The fourth-order valence-electron chi connectivity index (χ4n) is 3.75. The molecule has 0 unspecified atom stereocenters. The van der Waals surface area contributed by atoms with Gasteiger partial charge in [0.25, 0.3) is 5.91 Å². The molecule has 140 valence electrons. The first-order valence-electron chi connectivity index (χ1n) is 9.62. The standard InChI is InChI=1S/C21H25N5O/c1-26-20-17(14-24-26)19(25-16-10-6-3-7-11-16)18(13-22-20)21(27)23-12-15-8-4-2-5-9-15/h2,4-5,8-9,13-14,16H,3,6-7,10-12H2,1H3,(H,22,25)(H,23,27). The van der Waals surface area contributed by atoms with Gasteiger partial charge in [-0.15, -0.1) is 0 Å². The summed E-state index contributed by atoms with van der Waals surface area (Å²) < 4.78 is 1.74. The predicted octanol–water partition coefficient (Wildman–Crippen LogP) is 3.64. The molecule has 0 atom stereocenters. The van der Waals surface area contributed by atoms with E-state index in [4.69, 9.17) is 0 Å². The Morgan fingerprint density at radius 3 is 2.70 bits per heavy atom. The lowest BCUT2D eigenvalue weighted by molar-refractivity contribution is 0.0951. The molecule has 1 amide bonds. The Balaban J connectivity index is 1.62. The largest absolute Gasteiger partial charge is 0.381 e. The van der Waals surface area contributed by atoms with Crippen molar-refractivity contribution in [3.63, 3.8) is 0 Å². The van der Waals surface area contributed by atoms with Crippen molar-refractivity contribution in [2.24, 2.45) is 7.05 Å². The molecule has 1 fully saturated rings. The maximum absolute atomic E-state index is 12.9. The zero-order valence-corrected chi connectivity index (χ0v) is 15.6. The summed E-state index contributed by atoms with van der Waals surface area (Å²) in [5, 5.41) is 11.9. The molecule has 0 bridgehead atoms. The topological polar surface area (TPSA) is 71.8 Å². The Bertz CT molecular complexity index is 928. The highest BCUT2D eigenvalue weighted by Gasteiger charge is 2.21. The van der Waals surface area contributed by atoms with Crippen LogP contribution in [-0.2, 0) is 13.6 Å². The van der Waals surface area contributed by atoms with Crippen LogP contribution in [0.25, 0.3) is 11.0 Å². The third kappa shape index (κ3) is 3.79. The second-order valence-corrected chi connectivity index (χ2v) is 7.20. The van der Waals surface area contributed by atoms with Crippen LogP contribution < -0.4 is 10.6 Å². The number of aryl methyl sites for hydroxylation is 1. The highest BCUT2D eigenvalue weighted by atomic mass is 16.1. The first kappa shape index (κ1) is 17.5. The van der Waals surface area contributed by atoms with E-state index in [1.807, 2.05) is 37.4 Å². The van der Waals surface area contributed by atoms with Gasteiger partial charge in [0.2, 0.25) is 0 Å². The van der Waals surface area contributed by atoms with Crippen LogP contribution in [0.15, 0.2) is 42.7 Å². The molecule has 0 spiro atoms. The SMILES string of the molecule is Cn1ncc2c(NC3CCCCC3)c(C(=O)NCc3ccccc3)cnc21. The van der Waals surface area contributed by atoms with Crippen LogP contribution in [0.3, 0.4) is 0 Å². The van der Waals surface area contributed by atoms with Crippen LogP contribution in [0.5, 0.6) is 0 Å². The number of anilines is 1. The fraction of sp³-hybridized carbons (Fsp3) is 0.381. The highest BCUT2D eigenvalue weighted by molar-refractivity contribution is 6.06. The number of hydrogen-bond donors (Lipinski definition) is 2. The molecule has 4 rings (SSSR count). The number of aromatic nitrogens is 3. The van der Waals surface area contributed by atoms with E-state index in [9.17, 15) is 4.79 Å². The van der Waals surface area contributed by atoms with E-state index >= 15 is 0 Å². The van der Waals surface area contributed by atoms with Crippen molar-refractivity contribution in [1.29, 1.82) is 0 Å². The molecule has 2 aromatic heterocycles. The quantitative estimate of drug-likeness (QED) is 0.726. The maximum atomic E-state index is 12.9. The molecule has 3 aromatic rings. The van der Waals surface area contributed by atoms with Crippen molar-refractivity contribution in [1.82, 2.24) is 20.1 Å². The average Bonchev–Trinajstić information content (AvgIpc) is 3.09. The number of hydrogen-bond acceptors (Lipinski definition) is 4. The minimum absolute atomic E-state index is 0.115. The monoisotopic (exact) mass is 363 g/mol. The first-order valence-corrected chi connectivity index (χ1v) is 9.62. The summed E-state index contributed by atoms with van der Waals surface area (Å²) in [4.78, 5) is 17.4. The van der Waals surface area contributed by atoms with E-state index in [2.05, 4.69) is 20.7 Å². The van der Waals surface area contributed by atoms with Gasteiger partial charge in [-0.05, 0) is 18.4 Å². The molecule has 1 aliphatic rings. The van der Waals surface area contributed by atoms with Crippen LogP contribution in [0.1, 0.15) is 48.0 Å². The van der Waals surface area contributed by atoms with Gasteiger partial charge >= 0.3 is 0 Å². The van der Waals surface area contributed by atoms with Gasteiger partial charge in [0.1, 0.15) is 0 Å². The first-order chi connectivity index (χ1) is 13.2. The number of fused-ring (bicyclic) bond motifs is 1. The predicted molar refractivity (Wildman–Crippen MR) is 107 cm³/mol. The molecule has 1 aromatic carbocycles. The molecule has 2 N–H and O–H groups in total. The van der Waals surface area contributed by atoms with Gasteiger partial charge in [0.15, 0.2) is 5.65 Å². The molecular formula is C21H25N5O. The van der Waals surface area contributed by atoms with Crippen molar-refractivity contribution < 1.29 is 4.79 Å². The lowest BCUT2D eigenvalue weighted by atomic mass is 9.95.